The van der Waals surface area contributed by atoms with Gasteiger partial charge in [-0.2, -0.15) is 13.2 Å². The zero-order valence-corrected chi connectivity index (χ0v) is 25.9. The monoisotopic (exact) mass is 661 g/mol. The van der Waals surface area contributed by atoms with E-state index in [9.17, 15) is 27.9 Å². The first-order chi connectivity index (χ1) is 23.1. The Hall–Kier alpha value is -5.29. The smallest absolute Gasteiger partial charge is 0.389 e. The van der Waals surface area contributed by atoms with Crippen LogP contribution >= 0.6 is 0 Å². The number of carbonyl (C=O) groups excluding carboxylic acids is 2. The maximum Gasteiger partial charge on any atom is 0.389 e. The number of halogens is 3. The van der Waals surface area contributed by atoms with Gasteiger partial charge in [0, 0.05) is 24.9 Å². The number of benzene rings is 4. The first-order valence-corrected chi connectivity index (χ1v) is 15.4. The number of ether oxygens (including phenoxy) is 4. The van der Waals surface area contributed by atoms with Crippen LogP contribution in [0, 0.1) is 0 Å². The van der Waals surface area contributed by atoms with Gasteiger partial charge in [0.15, 0.2) is 0 Å². The first-order valence-electron chi connectivity index (χ1n) is 15.4. The number of rotatable bonds is 14. The summed E-state index contributed by atoms with van der Waals surface area (Å²) in [6.45, 7) is 0.625. The highest BCUT2D eigenvalue weighted by Gasteiger charge is 2.30. The second-order valence-corrected chi connectivity index (χ2v) is 11.0. The number of anilines is 1. The molecular formula is C37H34F3NO7. The Kier molecular flexibility index (Phi) is 11.4. The molecule has 8 nitrogen and oxygen atoms in total. The minimum atomic E-state index is -4.21. The molecule has 48 heavy (non-hydrogen) atoms. The van der Waals surface area contributed by atoms with Gasteiger partial charge in [0.1, 0.15) is 42.4 Å². The van der Waals surface area contributed by atoms with E-state index >= 15 is 0 Å². The van der Waals surface area contributed by atoms with Crippen molar-refractivity contribution in [3.8, 4) is 23.0 Å². The third-order valence-corrected chi connectivity index (χ3v) is 7.34. The van der Waals surface area contributed by atoms with Crippen molar-refractivity contribution >= 4 is 23.6 Å². The Morgan fingerprint density at radius 1 is 0.812 bits per heavy atom. The van der Waals surface area contributed by atoms with Crippen LogP contribution in [0.25, 0.3) is 6.08 Å². The zero-order chi connectivity index (χ0) is 33.9. The van der Waals surface area contributed by atoms with E-state index in [2.05, 4.69) is 0 Å². The van der Waals surface area contributed by atoms with Crippen LogP contribution in [0.5, 0.6) is 23.0 Å². The molecule has 0 aliphatic carbocycles. The van der Waals surface area contributed by atoms with Crippen LogP contribution < -0.4 is 23.8 Å². The van der Waals surface area contributed by atoms with Crippen LogP contribution in [0.3, 0.4) is 0 Å². The topological polar surface area (TPSA) is 94.5 Å². The van der Waals surface area contributed by atoms with Crippen LogP contribution in [-0.4, -0.2) is 42.6 Å². The van der Waals surface area contributed by atoms with Crippen molar-refractivity contribution in [2.45, 2.75) is 44.7 Å². The van der Waals surface area contributed by atoms with Gasteiger partial charge >= 0.3 is 12.1 Å². The Balaban J connectivity index is 1.00. The molecule has 1 aliphatic heterocycles. The Bertz CT molecular complexity index is 1670. The second kappa shape index (κ2) is 16.0. The summed E-state index contributed by atoms with van der Waals surface area (Å²) in [6.07, 6.45) is -1.53. The van der Waals surface area contributed by atoms with Gasteiger partial charge in [0.25, 0.3) is 0 Å². The lowest BCUT2D eigenvalue weighted by atomic mass is 10.2. The van der Waals surface area contributed by atoms with Crippen LogP contribution in [0.2, 0.25) is 0 Å². The van der Waals surface area contributed by atoms with E-state index < -0.39 is 24.8 Å². The molecule has 1 amide bonds. The number of aliphatic hydroxyl groups excluding tert-OH is 1. The number of esters is 1. The fourth-order valence-corrected chi connectivity index (χ4v) is 4.83. The molecule has 0 bridgehead atoms. The Morgan fingerprint density at radius 3 is 2.06 bits per heavy atom. The molecule has 4 aromatic rings. The molecule has 1 atom stereocenters. The predicted octanol–water partition coefficient (Wildman–Crippen LogP) is 7.74. The van der Waals surface area contributed by atoms with Gasteiger partial charge in [0.05, 0.1) is 12.2 Å². The number of hydrogen-bond donors (Lipinski definition) is 1. The maximum atomic E-state index is 12.5. The minimum absolute atomic E-state index is 0.0729. The lowest BCUT2D eigenvalue weighted by Gasteiger charge is -2.20. The van der Waals surface area contributed by atoms with E-state index in [-0.39, 0.29) is 24.5 Å². The highest BCUT2D eigenvalue weighted by molar-refractivity contribution is 5.95. The van der Waals surface area contributed by atoms with Crippen molar-refractivity contribution in [1.29, 1.82) is 0 Å². The molecule has 11 heteroatoms. The molecule has 1 N–H and O–H groups in total. The average Bonchev–Trinajstić information content (AvgIpc) is 3.42. The standard InChI is InChI=1S/C37H34F3NO7/c38-37(39,40)22-2-24-46-31-16-8-28(9-17-31)36(44)48-33-14-4-26(5-15-33)3-1-23-45-30-12-6-27(7-13-30)25-47-32-18-10-29(11-19-32)41-34(42)20-21-35(41)43/h1,3-19,34,42H,2,20-25H2/b3-1+. The van der Waals surface area contributed by atoms with Gasteiger partial charge in [-0.1, -0.05) is 30.3 Å². The van der Waals surface area contributed by atoms with E-state index in [0.29, 0.717) is 54.7 Å². The fourth-order valence-electron chi connectivity index (χ4n) is 4.83. The molecule has 0 aromatic heterocycles. The molecular weight excluding hydrogens is 627 g/mol. The van der Waals surface area contributed by atoms with Crippen LogP contribution in [0.4, 0.5) is 18.9 Å². The number of hydrogen-bond acceptors (Lipinski definition) is 7. The fraction of sp³-hybridized carbons (Fsp3) is 0.243. The summed E-state index contributed by atoms with van der Waals surface area (Å²) in [5.41, 5.74) is 2.76. The summed E-state index contributed by atoms with van der Waals surface area (Å²) in [4.78, 5) is 25.8. The lowest BCUT2D eigenvalue weighted by molar-refractivity contribution is -0.136. The van der Waals surface area contributed by atoms with Gasteiger partial charge in [-0.3, -0.25) is 9.69 Å². The van der Waals surface area contributed by atoms with Crippen molar-refractivity contribution in [2.24, 2.45) is 0 Å². The number of alkyl halides is 3. The van der Waals surface area contributed by atoms with Crippen LogP contribution in [0.15, 0.2) is 103 Å². The summed E-state index contributed by atoms with van der Waals surface area (Å²) in [5, 5.41) is 10.0. The molecule has 0 radical (unpaired) electrons. The van der Waals surface area contributed by atoms with E-state index in [0.717, 1.165) is 11.1 Å². The molecule has 5 rings (SSSR count). The first kappa shape index (κ1) is 34.1. The third kappa shape index (κ3) is 10.1. The number of carbonyl (C=O) groups is 2. The average molecular weight is 662 g/mol. The van der Waals surface area contributed by atoms with E-state index in [1.54, 1.807) is 48.5 Å². The Morgan fingerprint density at radius 2 is 1.42 bits per heavy atom. The lowest BCUT2D eigenvalue weighted by Crippen LogP contribution is -2.32. The number of nitrogens with zero attached hydrogens (tertiary/aromatic N) is 1. The molecule has 0 spiro atoms. The van der Waals surface area contributed by atoms with Crippen molar-refractivity contribution in [1.82, 2.24) is 0 Å². The zero-order valence-electron chi connectivity index (χ0n) is 25.9. The molecule has 0 saturated carbocycles. The van der Waals surface area contributed by atoms with Crippen LogP contribution in [-0.2, 0) is 11.4 Å². The molecule has 1 unspecified atom stereocenters. The SMILES string of the molecule is O=C(Oc1ccc(/C=C/COc2ccc(COc3ccc(N4C(=O)CCC4O)cc3)cc2)cc1)c1ccc(OCCCC(F)(F)F)cc1. The summed E-state index contributed by atoms with van der Waals surface area (Å²) < 4.78 is 59.1. The molecule has 4 aromatic carbocycles. The number of aliphatic hydroxyl groups is 1. The minimum Gasteiger partial charge on any atom is -0.494 e. The van der Waals surface area contributed by atoms with Crippen molar-refractivity contribution in [2.75, 3.05) is 18.1 Å². The quantitative estimate of drug-likeness (QED) is 0.0839. The highest BCUT2D eigenvalue weighted by atomic mass is 19.4. The van der Waals surface area contributed by atoms with E-state index in [1.807, 2.05) is 36.4 Å². The van der Waals surface area contributed by atoms with Gasteiger partial charge < -0.3 is 24.1 Å². The summed E-state index contributed by atoms with van der Waals surface area (Å²) in [5.74, 6) is 1.42. The van der Waals surface area contributed by atoms with Crippen molar-refractivity contribution < 1.29 is 46.8 Å². The van der Waals surface area contributed by atoms with Gasteiger partial charge in [-0.05, 0) is 96.4 Å². The summed E-state index contributed by atoms with van der Waals surface area (Å²) >= 11 is 0. The van der Waals surface area contributed by atoms with Crippen LogP contribution in [0.1, 0.15) is 47.2 Å². The van der Waals surface area contributed by atoms with Crippen molar-refractivity contribution in [3.63, 3.8) is 0 Å². The number of amides is 1. The second-order valence-electron chi connectivity index (χ2n) is 11.0. The van der Waals surface area contributed by atoms with E-state index in [1.165, 1.54) is 29.2 Å². The molecule has 1 fully saturated rings. The van der Waals surface area contributed by atoms with Crippen molar-refractivity contribution in [3.05, 3.63) is 120 Å². The summed E-state index contributed by atoms with van der Waals surface area (Å²) in [6, 6.07) is 27.6. The van der Waals surface area contributed by atoms with Gasteiger partial charge in [0.2, 0.25) is 5.91 Å². The maximum absolute atomic E-state index is 12.5. The normalized spacial score (nSPS) is 14.7. The predicted molar refractivity (Wildman–Crippen MR) is 173 cm³/mol. The Labute approximate surface area is 275 Å². The van der Waals surface area contributed by atoms with Gasteiger partial charge in [-0.25, -0.2) is 4.79 Å². The highest BCUT2D eigenvalue weighted by Crippen LogP contribution is 2.28. The molecule has 1 aliphatic rings. The molecule has 1 saturated heterocycles. The molecule has 250 valence electrons. The third-order valence-electron chi connectivity index (χ3n) is 7.34. The summed E-state index contributed by atoms with van der Waals surface area (Å²) in [7, 11) is 0. The molecule has 1 heterocycles. The van der Waals surface area contributed by atoms with E-state index in [4.69, 9.17) is 18.9 Å². The van der Waals surface area contributed by atoms with Gasteiger partial charge in [-0.15, -0.1) is 0 Å². The largest absolute Gasteiger partial charge is 0.494 e.